The smallest absolute Gasteiger partial charge is 0.332 e. The maximum absolute atomic E-state index is 10.5. The minimum atomic E-state index is -0.245. The summed E-state index contributed by atoms with van der Waals surface area (Å²) < 4.78 is 0. The summed E-state index contributed by atoms with van der Waals surface area (Å²) in [6.45, 7) is 4.61. The molecular formula is C7H10N2O. The van der Waals surface area contributed by atoms with Gasteiger partial charge in [-0.15, -0.1) is 0 Å². The topological polar surface area (TPSA) is 41.5 Å². The first-order chi connectivity index (χ1) is 4.70. The second-order valence-corrected chi connectivity index (χ2v) is 2.44. The van der Waals surface area contributed by atoms with E-state index in [0.717, 1.165) is 5.57 Å². The van der Waals surface area contributed by atoms with Crippen LogP contribution in [0.5, 0.6) is 0 Å². The molecule has 1 aliphatic rings. The lowest BCUT2D eigenvalue weighted by molar-refractivity contribution is 0.249. The first kappa shape index (κ1) is 6.99. The highest BCUT2D eigenvalue weighted by Crippen LogP contribution is 2.01. The third-order valence-corrected chi connectivity index (χ3v) is 1.41. The molecule has 0 spiro atoms. The van der Waals surface area contributed by atoms with Crippen LogP contribution in [0.4, 0.5) is 4.79 Å². The van der Waals surface area contributed by atoms with Crippen molar-refractivity contribution in [2.45, 2.75) is 13.8 Å². The fourth-order valence-corrected chi connectivity index (χ4v) is 0.705. The summed E-state index contributed by atoms with van der Waals surface area (Å²) in [6.07, 6.45) is 1.62. The van der Waals surface area contributed by atoms with E-state index in [0.29, 0.717) is 6.54 Å². The van der Waals surface area contributed by atoms with Gasteiger partial charge in [-0.25, -0.2) is 9.79 Å². The van der Waals surface area contributed by atoms with Crippen LogP contribution in [0.25, 0.3) is 0 Å². The van der Waals surface area contributed by atoms with Crippen molar-refractivity contribution in [2.75, 3.05) is 6.54 Å². The van der Waals surface area contributed by atoms with Crippen molar-refractivity contribution in [3.63, 3.8) is 0 Å². The molecule has 10 heavy (non-hydrogen) atoms. The lowest BCUT2D eigenvalue weighted by Crippen LogP contribution is -2.27. The molecule has 1 rings (SSSR count). The van der Waals surface area contributed by atoms with Crippen molar-refractivity contribution in [1.82, 2.24) is 5.32 Å². The first-order valence-corrected chi connectivity index (χ1v) is 3.18. The number of hydrogen-bond donors (Lipinski definition) is 1. The summed E-state index contributed by atoms with van der Waals surface area (Å²) in [4.78, 5) is 14.1. The van der Waals surface area contributed by atoms with Crippen LogP contribution in [0, 0.1) is 0 Å². The average Bonchev–Trinajstić information content (AvgIpc) is 1.88. The number of amides is 2. The van der Waals surface area contributed by atoms with Gasteiger partial charge in [0.1, 0.15) is 0 Å². The molecule has 0 aromatic rings. The number of hydrogen-bond acceptors (Lipinski definition) is 1. The molecule has 0 radical (unpaired) electrons. The number of carbonyl (C=O) groups is 1. The Morgan fingerprint density at radius 3 is 2.80 bits per heavy atom. The monoisotopic (exact) mass is 138 g/mol. The third kappa shape index (κ3) is 1.43. The molecule has 3 heteroatoms. The Bertz CT molecular complexity index is 212. The standard InChI is InChI=1S/C7H10N2O/c1-5(2)6-3-8-7(10)9-4-6/h3H,4H2,1-2H3,(H,9,10). The van der Waals surface area contributed by atoms with Crippen molar-refractivity contribution in [3.8, 4) is 0 Å². The van der Waals surface area contributed by atoms with Gasteiger partial charge < -0.3 is 5.32 Å². The molecule has 1 heterocycles. The average molecular weight is 138 g/mol. The molecule has 0 saturated heterocycles. The fraction of sp³-hybridized carbons (Fsp3) is 0.429. The third-order valence-electron chi connectivity index (χ3n) is 1.41. The Morgan fingerprint density at radius 2 is 2.40 bits per heavy atom. The number of nitrogens with zero attached hydrogens (tertiary/aromatic N) is 1. The van der Waals surface area contributed by atoms with Crippen LogP contribution in [0.15, 0.2) is 16.1 Å². The van der Waals surface area contributed by atoms with E-state index in [2.05, 4.69) is 10.3 Å². The molecule has 54 valence electrons. The van der Waals surface area contributed by atoms with Gasteiger partial charge in [-0.2, -0.15) is 0 Å². The van der Waals surface area contributed by atoms with Crippen molar-refractivity contribution in [1.29, 1.82) is 0 Å². The van der Waals surface area contributed by atoms with E-state index >= 15 is 0 Å². The quantitative estimate of drug-likeness (QED) is 0.535. The molecule has 2 amide bonds. The van der Waals surface area contributed by atoms with Crippen molar-refractivity contribution in [2.24, 2.45) is 4.99 Å². The van der Waals surface area contributed by atoms with Gasteiger partial charge in [0, 0.05) is 12.8 Å². The molecule has 0 bridgehead atoms. The van der Waals surface area contributed by atoms with E-state index < -0.39 is 0 Å². The van der Waals surface area contributed by atoms with Gasteiger partial charge in [-0.3, -0.25) is 0 Å². The second-order valence-electron chi connectivity index (χ2n) is 2.44. The number of rotatable bonds is 0. The largest absolute Gasteiger partial charge is 0.341 e. The van der Waals surface area contributed by atoms with Crippen LogP contribution in [0.1, 0.15) is 13.8 Å². The zero-order chi connectivity index (χ0) is 7.56. The summed E-state index contributed by atoms with van der Waals surface area (Å²) >= 11 is 0. The van der Waals surface area contributed by atoms with Gasteiger partial charge in [0.15, 0.2) is 0 Å². The van der Waals surface area contributed by atoms with Gasteiger partial charge in [0.05, 0.1) is 0 Å². The SMILES string of the molecule is CC(C)=C1C=NC(=O)NC1. The van der Waals surface area contributed by atoms with Crippen molar-refractivity contribution < 1.29 is 4.79 Å². The zero-order valence-corrected chi connectivity index (χ0v) is 6.14. The van der Waals surface area contributed by atoms with Crippen LogP contribution >= 0.6 is 0 Å². The minimum absolute atomic E-state index is 0.245. The maximum atomic E-state index is 10.5. The Kier molecular flexibility index (Phi) is 1.85. The molecule has 0 aromatic heterocycles. The van der Waals surface area contributed by atoms with E-state index in [1.54, 1.807) is 6.21 Å². The van der Waals surface area contributed by atoms with Crippen molar-refractivity contribution >= 4 is 12.2 Å². The molecule has 0 aliphatic carbocycles. The summed E-state index contributed by atoms with van der Waals surface area (Å²) in [5.41, 5.74) is 2.29. The zero-order valence-electron chi connectivity index (χ0n) is 6.14. The molecule has 0 saturated carbocycles. The van der Waals surface area contributed by atoms with E-state index in [-0.39, 0.29) is 6.03 Å². The van der Waals surface area contributed by atoms with Crippen LogP contribution in [0.3, 0.4) is 0 Å². The Morgan fingerprint density at radius 1 is 1.70 bits per heavy atom. The lowest BCUT2D eigenvalue weighted by Gasteiger charge is -2.09. The summed E-state index contributed by atoms with van der Waals surface area (Å²) in [5.74, 6) is 0. The molecule has 1 aliphatic heterocycles. The number of urea groups is 1. The summed E-state index contributed by atoms with van der Waals surface area (Å²) in [5, 5.41) is 2.62. The van der Waals surface area contributed by atoms with Gasteiger partial charge in [0.2, 0.25) is 0 Å². The normalized spacial score (nSPS) is 17.0. The number of allylic oxidation sites excluding steroid dienone is 1. The first-order valence-electron chi connectivity index (χ1n) is 3.18. The lowest BCUT2D eigenvalue weighted by atomic mass is 10.1. The predicted octanol–water partition coefficient (Wildman–Crippen LogP) is 1.12. The molecule has 0 aromatic carbocycles. The van der Waals surface area contributed by atoms with Crippen LogP contribution in [-0.2, 0) is 0 Å². The molecular weight excluding hydrogens is 128 g/mol. The predicted molar refractivity (Wildman–Crippen MR) is 40.3 cm³/mol. The van der Waals surface area contributed by atoms with E-state index in [4.69, 9.17) is 0 Å². The molecule has 0 unspecified atom stereocenters. The van der Waals surface area contributed by atoms with Gasteiger partial charge >= 0.3 is 6.03 Å². The molecule has 0 fully saturated rings. The highest BCUT2D eigenvalue weighted by Gasteiger charge is 2.05. The second kappa shape index (κ2) is 2.64. The fourth-order valence-electron chi connectivity index (χ4n) is 0.705. The Labute approximate surface area is 59.8 Å². The number of carbonyl (C=O) groups excluding carboxylic acids is 1. The minimum Gasteiger partial charge on any atom is -0.332 e. The summed E-state index contributed by atoms with van der Waals surface area (Å²) in [6, 6.07) is -0.245. The van der Waals surface area contributed by atoms with Crippen LogP contribution in [-0.4, -0.2) is 18.8 Å². The Hall–Kier alpha value is -1.12. The van der Waals surface area contributed by atoms with Crippen LogP contribution in [0.2, 0.25) is 0 Å². The van der Waals surface area contributed by atoms with E-state index in [1.807, 2.05) is 13.8 Å². The molecule has 0 atom stereocenters. The Balaban J connectivity index is 2.80. The number of aliphatic imine (C=N–C) groups is 1. The van der Waals surface area contributed by atoms with Crippen molar-refractivity contribution in [3.05, 3.63) is 11.1 Å². The highest BCUT2D eigenvalue weighted by molar-refractivity contribution is 5.94. The van der Waals surface area contributed by atoms with Gasteiger partial charge in [0.25, 0.3) is 0 Å². The van der Waals surface area contributed by atoms with Crippen LogP contribution < -0.4 is 5.32 Å². The van der Waals surface area contributed by atoms with Gasteiger partial charge in [-0.05, 0) is 19.4 Å². The number of nitrogens with one attached hydrogen (secondary N) is 1. The maximum Gasteiger partial charge on any atom is 0.341 e. The molecule has 3 nitrogen and oxygen atoms in total. The van der Waals surface area contributed by atoms with E-state index in [1.165, 1.54) is 5.57 Å². The summed E-state index contributed by atoms with van der Waals surface area (Å²) in [7, 11) is 0. The molecule has 1 N–H and O–H groups in total. The van der Waals surface area contributed by atoms with E-state index in [9.17, 15) is 4.79 Å². The highest BCUT2D eigenvalue weighted by atomic mass is 16.2. The van der Waals surface area contributed by atoms with Gasteiger partial charge in [-0.1, -0.05) is 5.57 Å².